The number of esters is 1. The summed E-state index contributed by atoms with van der Waals surface area (Å²) in [6.45, 7) is 2.39. The van der Waals surface area contributed by atoms with E-state index in [2.05, 4.69) is 17.2 Å². The van der Waals surface area contributed by atoms with Gasteiger partial charge in [0.2, 0.25) is 0 Å². The maximum Gasteiger partial charge on any atom is 0.414 e. The first-order chi connectivity index (χ1) is 15.7. The van der Waals surface area contributed by atoms with Gasteiger partial charge < -0.3 is 19.5 Å². The number of pyridine rings is 1. The van der Waals surface area contributed by atoms with E-state index in [-0.39, 0.29) is 24.8 Å². The average Bonchev–Trinajstić information content (AvgIpc) is 2.80. The minimum absolute atomic E-state index is 0. The van der Waals surface area contributed by atoms with Crippen molar-refractivity contribution in [2.75, 3.05) is 20.3 Å². The van der Waals surface area contributed by atoms with Gasteiger partial charge in [-0.2, -0.15) is 0 Å². The fourth-order valence-electron chi connectivity index (χ4n) is 3.41. The molecule has 0 radical (unpaired) electrons. The molecule has 0 unspecified atom stereocenters. The largest absolute Gasteiger partial charge is 0.491 e. The van der Waals surface area contributed by atoms with Crippen molar-refractivity contribution in [1.82, 2.24) is 10.3 Å². The third-order valence-electron chi connectivity index (χ3n) is 5.28. The van der Waals surface area contributed by atoms with Crippen LogP contribution in [0.1, 0.15) is 96.8 Å². The van der Waals surface area contributed by atoms with E-state index in [0.717, 1.165) is 12.8 Å². The van der Waals surface area contributed by atoms with E-state index < -0.39 is 12.1 Å². The molecule has 1 aromatic rings. The molecule has 33 heavy (non-hydrogen) atoms. The lowest BCUT2D eigenvalue weighted by molar-refractivity contribution is -0.142. The van der Waals surface area contributed by atoms with Gasteiger partial charge in [0.05, 0.1) is 13.7 Å². The quantitative estimate of drug-likeness (QED) is 0.174. The number of nitrogens with zero attached hydrogens (tertiary/aromatic N) is 1. The maximum absolute atomic E-state index is 11.8. The van der Waals surface area contributed by atoms with Crippen LogP contribution in [-0.4, -0.2) is 37.3 Å². The van der Waals surface area contributed by atoms with Gasteiger partial charge in [-0.15, -0.1) is 12.4 Å². The SMILES string of the molecule is CCCCCCCCCCCCCCCCOC(=O)CNC(=O)Oc1ncccc1OC.Cl. The fraction of sp³-hybridized carbons (Fsp3) is 0.720. The number of unbranched alkanes of at least 4 members (excludes halogenated alkanes) is 13. The Morgan fingerprint density at radius 3 is 1.97 bits per heavy atom. The molecule has 0 atom stereocenters. The van der Waals surface area contributed by atoms with Crippen LogP contribution in [0.25, 0.3) is 0 Å². The maximum atomic E-state index is 11.8. The second-order valence-electron chi connectivity index (χ2n) is 8.07. The molecule has 190 valence electrons. The smallest absolute Gasteiger partial charge is 0.414 e. The number of nitrogens with one attached hydrogen (secondary N) is 1. The van der Waals surface area contributed by atoms with Crippen LogP contribution < -0.4 is 14.8 Å². The van der Waals surface area contributed by atoms with Gasteiger partial charge in [0.1, 0.15) is 6.54 Å². The summed E-state index contributed by atoms with van der Waals surface area (Å²) in [4.78, 5) is 27.4. The molecule has 0 aromatic carbocycles. The highest BCUT2D eigenvalue weighted by Crippen LogP contribution is 2.22. The summed E-state index contributed by atoms with van der Waals surface area (Å²) < 4.78 is 15.2. The molecule has 1 heterocycles. The van der Waals surface area contributed by atoms with Crippen molar-refractivity contribution < 1.29 is 23.8 Å². The zero-order valence-corrected chi connectivity index (χ0v) is 21.3. The highest BCUT2D eigenvalue weighted by atomic mass is 35.5. The Morgan fingerprint density at radius 1 is 0.879 bits per heavy atom. The average molecular weight is 487 g/mol. The van der Waals surface area contributed by atoms with Crippen LogP contribution in [0, 0.1) is 0 Å². The van der Waals surface area contributed by atoms with Crippen LogP contribution in [0.2, 0.25) is 0 Å². The zero-order chi connectivity index (χ0) is 23.3. The van der Waals surface area contributed by atoms with E-state index in [4.69, 9.17) is 14.2 Å². The highest BCUT2D eigenvalue weighted by Gasteiger charge is 2.12. The van der Waals surface area contributed by atoms with Crippen LogP contribution in [0.4, 0.5) is 4.79 Å². The van der Waals surface area contributed by atoms with E-state index in [9.17, 15) is 9.59 Å². The number of aromatic nitrogens is 1. The fourth-order valence-corrected chi connectivity index (χ4v) is 3.41. The molecule has 0 saturated heterocycles. The predicted molar refractivity (Wildman–Crippen MR) is 133 cm³/mol. The molecule has 0 aliphatic rings. The predicted octanol–water partition coefficient (Wildman–Crippen LogP) is 6.62. The van der Waals surface area contributed by atoms with Crippen molar-refractivity contribution in [2.24, 2.45) is 0 Å². The summed E-state index contributed by atoms with van der Waals surface area (Å²) in [5.74, 6) is -0.101. The van der Waals surface area contributed by atoms with Crippen molar-refractivity contribution in [3.05, 3.63) is 18.3 Å². The summed E-state index contributed by atoms with van der Waals surface area (Å²) in [6, 6.07) is 3.29. The van der Waals surface area contributed by atoms with E-state index in [1.54, 1.807) is 12.1 Å². The number of carbonyl (C=O) groups excluding carboxylic acids is 2. The Kier molecular flexibility index (Phi) is 20.5. The van der Waals surface area contributed by atoms with Crippen LogP contribution in [0.5, 0.6) is 11.6 Å². The lowest BCUT2D eigenvalue weighted by atomic mass is 10.0. The van der Waals surface area contributed by atoms with Crippen molar-refractivity contribution >= 4 is 24.5 Å². The molecule has 1 aromatic heterocycles. The number of carbonyl (C=O) groups is 2. The number of halogens is 1. The summed E-state index contributed by atoms with van der Waals surface area (Å²) in [7, 11) is 1.45. The molecule has 1 amide bonds. The van der Waals surface area contributed by atoms with Crippen LogP contribution >= 0.6 is 12.4 Å². The lowest BCUT2D eigenvalue weighted by Gasteiger charge is -2.09. The molecule has 8 heteroatoms. The minimum Gasteiger partial charge on any atom is -0.491 e. The number of ether oxygens (including phenoxy) is 3. The Balaban J connectivity index is 0.0000102. The van der Waals surface area contributed by atoms with Gasteiger partial charge in [-0.25, -0.2) is 9.78 Å². The van der Waals surface area contributed by atoms with E-state index in [1.165, 1.54) is 90.4 Å². The van der Waals surface area contributed by atoms with Crippen molar-refractivity contribution in [3.63, 3.8) is 0 Å². The first-order valence-electron chi connectivity index (χ1n) is 12.3. The monoisotopic (exact) mass is 486 g/mol. The van der Waals surface area contributed by atoms with Gasteiger partial charge >= 0.3 is 12.1 Å². The first kappa shape index (κ1) is 31.0. The Hall–Kier alpha value is -2.02. The zero-order valence-electron chi connectivity index (χ0n) is 20.4. The van der Waals surface area contributed by atoms with E-state index in [1.807, 2.05) is 0 Å². The number of amides is 1. The molecule has 0 aliphatic carbocycles. The molecule has 1 N–H and O–H groups in total. The lowest BCUT2D eigenvalue weighted by Crippen LogP contribution is -2.33. The summed E-state index contributed by atoms with van der Waals surface area (Å²) >= 11 is 0. The Bertz CT molecular complexity index is 631. The molecule has 7 nitrogen and oxygen atoms in total. The van der Waals surface area contributed by atoms with Gasteiger partial charge in [0, 0.05) is 6.20 Å². The normalized spacial score (nSPS) is 10.2. The van der Waals surface area contributed by atoms with Gasteiger partial charge in [-0.3, -0.25) is 4.79 Å². The first-order valence-corrected chi connectivity index (χ1v) is 12.3. The van der Waals surface area contributed by atoms with Gasteiger partial charge in [0.25, 0.3) is 5.88 Å². The number of hydrogen-bond acceptors (Lipinski definition) is 6. The molecular weight excluding hydrogens is 444 g/mol. The van der Waals surface area contributed by atoms with Gasteiger partial charge in [-0.1, -0.05) is 90.4 Å². The summed E-state index contributed by atoms with van der Waals surface area (Å²) in [5, 5.41) is 2.35. The van der Waals surface area contributed by atoms with Crippen LogP contribution in [0.15, 0.2) is 18.3 Å². The number of methoxy groups -OCH3 is 1. The van der Waals surface area contributed by atoms with Crippen molar-refractivity contribution in [3.8, 4) is 11.6 Å². The molecule has 0 aliphatic heterocycles. The number of hydrogen-bond donors (Lipinski definition) is 1. The second kappa shape index (κ2) is 21.8. The standard InChI is InChI=1S/C25H42N2O5.ClH/c1-3-4-5-6-7-8-9-10-11-12-13-14-15-16-20-31-23(28)21-27-25(29)32-24-22(30-2)18-17-19-26-24;/h17-19H,3-16,20-21H2,1-2H3,(H,27,29);1H. The van der Waals surface area contributed by atoms with E-state index in [0.29, 0.717) is 12.4 Å². The third-order valence-corrected chi connectivity index (χ3v) is 5.28. The van der Waals surface area contributed by atoms with Crippen molar-refractivity contribution in [2.45, 2.75) is 96.8 Å². The minimum atomic E-state index is -0.782. The molecule has 0 bridgehead atoms. The highest BCUT2D eigenvalue weighted by molar-refractivity contribution is 5.85. The van der Waals surface area contributed by atoms with Crippen LogP contribution in [-0.2, 0) is 9.53 Å². The molecule has 0 fully saturated rings. The molecule has 0 saturated carbocycles. The Morgan fingerprint density at radius 2 is 1.42 bits per heavy atom. The third kappa shape index (κ3) is 17.2. The van der Waals surface area contributed by atoms with Gasteiger partial charge in [0.15, 0.2) is 5.75 Å². The summed E-state index contributed by atoms with van der Waals surface area (Å²) in [6.07, 6.45) is 18.7. The molecule has 1 rings (SSSR count). The van der Waals surface area contributed by atoms with E-state index >= 15 is 0 Å². The van der Waals surface area contributed by atoms with Crippen LogP contribution in [0.3, 0.4) is 0 Å². The second-order valence-corrected chi connectivity index (χ2v) is 8.07. The molecular formula is C25H43ClN2O5. The Labute approximate surface area is 205 Å². The number of rotatable bonds is 19. The summed E-state index contributed by atoms with van der Waals surface area (Å²) in [5.41, 5.74) is 0. The molecule has 0 spiro atoms. The topological polar surface area (TPSA) is 86.8 Å². The van der Waals surface area contributed by atoms with Crippen molar-refractivity contribution in [1.29, 1.82) is 0 Å². The van der Waals surface area contributed by atoms with Gasteiger partial charge in [-0.05, 0) is 18.6 Å².